The summed E-state index contributed by atoms with van der Waals surface area (Å²) in [5.74, 6) is 1.85. The van der Waals surface area contributed by atoms with Crippen molar-refractivity contribution >= 4 is 5.91 Å². The lowest BCUT2D eigenvalue weighted by Gasteiger charge is -2.15. The summed E-state index contributed by atoms with van der Waals surface area (Å²) in [7, 11) is 1.61. The monoisotopic (exact) mass is 304 g/mol. The molecule has 1 amide bonds. The van der Waals surface area contributed by atoms with Crippen LogP contribution in [0.3, 0.4) is 0 Å². The summed E-state index contributed by atoms with van der Waals surface area (Å²) < 4.78 is 15.9. The van der Waals surface area contributed by atoms with E-state index in [-0.39, 0.29) is 18.6 Å². The number of hydrogen-bond donors (Lipinski definition) is 2. The number of nitrogens with two attached hydrogens (primary N) is 1. The Kier molecular flexibility index (Phi) is 5.43. The van der Waals surface area contributed by atoms with Crippen molar-refractivity contribution in [2.45, 2.75) is 19.6 Å². The second kappa shape index (κ2) is 7.51. The highest BCUT2D eigenvalue weighted by atomic mass is 16.5. The number of furan rings is 1. The molecule has 1 heterocycles. The molecule has 0 spiro atoms. The fourth-order valence-electron chi connectivity index (χ4n) is 1.87. The van der Waals surface area contributed by atoms with Gasteiger partial charge in [-0.1, -0.05) is 0 Å². The Morgan fingerprint density at radius 1 is 1.32 bits per heavy atom. The Balaban J connectivity index is 1.81. The number of methoxy groups -OCH3 is 1. The molecular formula is C16H20N2O4. The van der Waals surface area contributed by atoms with Gasteiger partial charge < -0.3 is 24.9 Å². The average Bonchev–Trinajstić information content (AvgIpc) is 3.02. The molecule has 0 bridgehead atoms. The average molecular weight is 304 g/mol. The van der Waals surface area contributed by atoms with Crippen LogP contribution in [-0.4, -0.2) is 25.7 Å². The number of carbonyl (C=O) groups excluding carboxylic acids is 1. The Morgan fingerprint density at radius 2 is 2.00 bits per heavy atom. The number of rotatable bonds is 7. The minimum absolute atomic E-state index is 0.168. The van der Waals surface area contributed by atoms with Gasteiger partial charge in [0.15, 0.2) is 0 Å². The van der Waals surface area contributed by atoms with E-state index in [4.69, 9.17) is 19.6 Å². The molecule has 3 N–H and O–H groups in total. The van der Waals surface area contributed by atoms with Crippen LogP contribution < -0.4 is 20.5 Å². The highest BCUT2D eigenvalue weighted by molar-refractivity contribution is 5.93. The summed E-state index contributed by atoms with van der Waals surface area (Å²) >= 11 is 0. The molecule has 0 saturated carbocycles. The number of benzene rings is 1. The summed E-state index contributed by atoms with van der Waals surface area (Å²) in [5, 5.41) is 2.79. The maximum absolute atomic E-state index is 11.9. The van der Waals surface area contributed by atoms with Crippen LogP contribution in [0.15, 0.2) is 41.0 Å². The van der Waals surface area contributed by atoms with Crippen LogP contribution in [0.4, 0.5) is 0 Å². The fraction of sp³-hybridized carbons (Fsp3) is 0.312. The molecule has 0 aliphatic rings. The normalized spacial score (nSPS) is 11.8. The predicted octanol–water partition coefficient (Wildman–Crippen LogP) is 1.94. The van der Waals surface area contributed by atoms with Gasteiger partial charge in [-0.25, -0.2) is 0 Å². The van der Waals surface area contributed by atoms with E-state index in [0.29, 0.717) is 17.9 Å². The number of hydrogen-bond acceptors (Lipinski definition) is 5. The Labute approximate surface area is 129 Å². The van der Waals surface area contributed by atoms with E-state index in [9.17, 15) is 4.79 Å². The summed E-state index contributed by atoms with van der Waals surface area (Å²) in [5.41, 5.74) is 5.89. The van der Waals surface area contributed by atoms with Crippen LogP contribution in [0.1, 0.15) is 23.0 Å². The molecule has 1 unspecified atom stereocenters. The molecule has 1 aromatic heterocycles. The summed E-state index contributed by atoms with van der Waals surface area (Å²) in [6.45, 7) is 2.53. The maximum atomic E-state index is 11.9. The van der Waals surface area contributed by atoms with Crippen molar-refractivity contribution in [3.8, 4) is 11.5 Å². The van der Waals surface area contributed by atoms with Crippen LogP contribution >= 0.6 is 0 Å². The van der Waals surface area contributed by atoms with Crippen molar-refractivity contribution in [3.63, 3.8) is 0 Å². The van der Waals surface area contributed by atoms with Crippen molar-refractivity contribution in [2.24, 2.45) is 5.73 Å². The first kappa shape index (κ1) is 15.9. The van der Waals surface area contributed by atoms with Gasteiger partial charge in [0.2, 0.25) is 0 Å². The van der Waals surface area contributed by atoms with Gasteiger partial charge in [-0.05, 0) is 37.3 Å². The lowest BCUT2D eigenvalue weighted by Crippen LogP contribution is -2.33. The first-order valence-electron chi connectivity index (χ1n) is 6.98. The van der Waals surface area contributed by atoms with Gasteiger partial charge in [0.05, 0.1) is 25.8 Å². The Morgan fingerprint density at radius 3 is 2.59 bits per heavy atom. The van der Waals surface area contributed by atoms with Crippen molar-refractivity contribution in [1.82, 2.24) is 5.32 Å². The van der Waals surface area contributed by atoms with Crippen LogP contribution in [0.2, 0.25) is 0 Å². The van der Waals surface area contributed by atoms with Gasteiger partial charge in [-0.3, -0.25) is 4.79 Å². The van der Waals surface area contributed by atoms with Crippen LogP contribution in [0.25, 0.3) is 0 Å². The third kappa shape index (κ3) is 4.26. The molecule has 118 valence electrons. The molecule has 1 aromatic carbocycles. The molecule has 1 atom stereocenters. The quantitative estimate of drug-likeness (QED) is 0.816. The van der Waals surface area contributed by atoms with Crippen LogP contribution in [0.5, 0.6) is 11.5 Å². The summed E-state index contributed by atoms with van der Waals surface area (Å²) in [4.78, 5) is 11.9. The van der Waals surface area contributed by atoms with E-state index < -0.39 is 0 Å². The largest absolute Gasteiger partial charge is 0.497 e. The molecule has 0 saturated heterocycles. The topological polar surface area (TPSA) is 86.7 Å². The third-order valence-corrected chi connectivity index (χ3v) is 3.06. The van der Waals surface area contributed by atoms with Gasteiger partial charge in [0.1, 0.15) is 29.6 Å². The molecule has 0 aliphatic carbocycles. The second-order valence-electron chi connectivity index (χ2n) is 4.82. The molecule has 6 heteroatoms. The molecule has 0 fully saturated rings. The Bertz CT molecular complexity index is 607. The maximum Gasteiger partial charge on any atom is 0.254 e. The van der Waals surface area contributed by atoms with Crippen molar-refractivity contribution in [1.29, 1.82) is 0 Å². The molecule has 6 nitrogen and oxygen atoms in total. The zero-order valence-corrected chi connectivity index (χ0v) is 12.7. The summed E-state index contributed by atoms with van der Waals surface area (Å²) in [6, 6.07) is 8.91. The molecule has 2 aromatic rings. The number of amides is 1. The SMILES string of the molecule is COc1ccc(OC(C)CNC(=O)c2coc(CN)c2)cc1. The molecular weight excluding hydrogens is 284 g/mol. The Hall–Kier alpha value is -2.47. The highest BCUT2D eigenvalue weighted by Gasteiger charge is 2.11. The van der Waals surface area contributed by atoms with Gasteiger partial charge in [0.25, 0.3) is 5.91 Å². The van der Waals surface area contributed by atoms with Crippen molar-refractivity contribution < 1.29 is 18.7 Å². The van der Waals surface area contributed by atoms with E-state index in [1.54, 1.807) is 13.2 Å². The number of carbonyl (C=O) groups is 1. The standard InChI is InChI=1S/C16H20N2O4/c1-11(22-14-5-3-13(20-2)4-6-14)9-18-16(19)12-7-15(8-17)21-10-12/h3-7,10-11H,8-9,17H2,1-2H3,(H,18,19). The minimum Gasteiger partial charge on any atom is -0.497 e. The lowest BCUT2D eigenvalue weighted by molar-refractivity contribution is 0.0931. The lowest BCUT2D eigenvalue weighted by atomic mass is 10.2. The van der Waals surface area contributed by atoms with Crippen LogP contribution in [0, 0.1) is 0 Å². The van der Waals surface area contributed by atoms with Gasteiger partial charge in [-0.2, -0.15) is 0 Å². The van der Waals surface area contributed by atoms with E-state index >= 15 is 0 Å². The van der Waals surface area contributed by atoms with Crippen molar-refractivity contribution in [3.05, 3.63) is 47.9 Å². The number of ether oxygens (including phenoxy) is 2. The fourth-order valence-corrected chi connectivity index (χ4v) is 1.87. The first-order valence-corrected chi connectivity index (χ1v) is 6.98. The van der Waals surface area contributed by atoms with E-state index in [1.165, 1.54) is 6.26 Å². The zero-order chi connectivity index (χ0) is 15.9. The highest BCUT2D eigenvalue weighted by Crippen LogP contribution is 2.18. The summed E-state index contributed by atoms with van der Waals surface area (Å²) in [6.07, 6.45) is 1.23. The second-order valence-corrected chi connectivity index (χ2v) is 4.82. The van der Waals surface area contributed by atoms with E-state index in [1.807, 2.05) is 31.2 Å². The third-order valence-electron chi connectivity index (χ3n) is 3.06. The molecule has 0 aliphatic heterocycles. The predicted molar refractivity (Wildman–Crippen MR) is 82.0 cm³/mol. The minimum atomic E-state index is -0.214. The van der Waals surface area contributed by atoms with Gasteiger partial charge >= 0.3 is 0 Å². The molecule has 22 heavy (non-hydrogen) atoms. The molecule has 2 rings (SSSR count). The van der Waals surface area contributed by atoms with Gasteiger partial charge in [-0.15, -0.1) is 0 Å². The number of nitrogens with one attached hydrogen (secondary N) is 1. The zero-order valence-electron chi connectivity index (χ0n) is 12.7. The van der Waals surface area contributed by atoms with E-state index in [0.717, 1.165) is 11.5 Å². The van der Waals surface area contributed by atoms with E-state index in [2.05, 4.69) is 5.32 Å². The van der Waals surface area contributed by atoms with Crippen LogP contribution in [-0.2, 0) is 6.54 Å². The van der Waals surface area contributed by atoms with Crippen molar-refractivity contribution in [2.75, 3.05) is 13.7 Å². The smallest absolute Gasteiger partial charge is 0.254 e. The molecule has 0 radical (unpaired) electrons. The first-order chi connectivity index (χ1) is 10.6. The van der Waals surface area contributed by atoms with Gasteiger partial charge in [0, 0.05) is 0 Å².